The fraction of sp³-hybridized carbons (Fsp3) is 0.133. The van der Waals surface area contributed by atoms with E-state index in [1.54, 1.807) is 7.11 Å². The van der Waals surface area contributed by atoms with Gasteiger partial charge in [-0.3, -0.25) is 0 Å². The molecule has 0 aliphatic rings. The number of halogens is 1. The molecule has 19 heavy (non-hydrogen) atoms. The van der Waals surface area contributed by atoms with Crippen LogP contribution in [0.1, 0.15) is 11.1 Å². The lowest BCUT2D eigenvalue weighted by molar-refractivity contribution is 0.414. The number of ether oxygens (including phenoxy) is 1. The summed E-state index contributed by atoms with van der Waals surface area (Å²) in [6.45, 7) is 0.674. The van der Waals surface area contributed by atoms with Gasteiger partial charge in [0.1, 0.15) is 10.7 Å². The Balaban J connectivity index is 1.99. The van der Waals surface area contributed by atoms with Gasteiger partial charge < -0.3 is 10.1 Å². The first kappa shape index (κ1) is 13.8. The van der Waals surface area contributed by atoms with Crippen molar-refractivity contribution in [3.8, 4) is 5.75 Å². The van der Waals surface area contributed by atoms with Crippen LogP contribution in [0.5, 0.6) is 5.75 Å². The molecule has 0 aliphatic carbocycles. The van der Waals surface area contributed by atoms with E-state index in [0.29, 0.717) is 11.5 Å². The van der Waals surface area contributed by atoms with Crippen LogP contribution in [0.15, 0.2) is 48.5 Å². The largest absolute Gasteiger partial charge is 0.497 e. The Labute approximate surface area is 123 Å². The summed E-state index contributed by atoms with van der Waals surface area (Å²) >= 11 is 11.2. The molecule has 0 spiro atoms. The molecule has 0 fully saturated rings. The van der Waals surface area contributed by atoms with Gasteiger partial charge in [-0.05, 0) is 29.8 Å². The fourth-order valence-electron chi connectivity index (χ4n) is 1.65. The van der Waals surface area contributed by atoms with Crippen molar-refractivity contribution in [1.82, 2.24) is 5.32 Å². The first-order chi connectivity index (χ1) is 9.19. The summed E-state index contributed by atoms with van der Waals surface area (Å²) in [5.41, 5.74) is 2.08. The summed E-state index contributed by atoms with van der Waals surface area (Å²) in [5.74, 6) is 0.799. The molecule has 98 valence electrons. The molecule has 2 rings (SSSR count). The van der Waals surface area contributed by atoms with E-state index in [9.17, 15) is 0 Å². The van der Waals surface area contributed by atoms with Crippen LogP contribution in [-0.4, -0.2) is 12.1 Å². The smallest absolute Gasteiger partial charge is 0.119 e. The van der Waals surface area contributed by atoms with E-state index in [2.05, 4.69) is 5.32 Å². The average Bonchev–Trinajstić information content (AvgIpc) is 2.46. The maximum absolute atomic E-state index is 5.84. The molecule has 0 aliphatic heterocycles. The highest BCUT2D eigenvalue weighted by molar-refractivity contribution is 7.80. The van der Waals surface area contributed by atoms with E-state index in [-0.39, 0.29) is 0 Å². The maximum atomic E-state index is 5.84. The molecule has 2 aromatic rings. The average molecular weight is 292 g/mol. The van der Waals surface area contributed by atoms with E-state index < -0.39 is 0 Å². The second-order valence-electron chi connectivity index (χ2n) is 4.04. The van der Waals surface area contributed by atoms with E-state index >= 15 is 0 Å². The molecule has 0 radical (unpaired) electrons. The zero-order valence-corrected chi connectivity index (χ0v) is 12.1. The van der Waals surface area contributed by atoms with Crippen molar-refractivity contribution in [1.29, 1.82) is 0 Å². The van der Waals surface area contributed by atoms with Crippen LogP contribution >= 0.6 is 23.8 Å². The summed E-state index contributed by atoms with van der Waals surface area (Å²) in [6.07, 6.45) is 0. The van der Waals surface area contributed by atoms with Crippen molar-refractivity contribution < 1.29 is 4.74 Å². The van der Waals surface area contributed by atoms with Gasteiger partial charge in [0.2, 0.25) is 0 Å². The van der Waals surface area contributed by atoms with Gasteiger partial charge in [-0.25, -0.2) is 0 Å². The summed E-state index contributed by atoms with van der Waals surface area (Å²) < 4.78 is 5.18. The summed E-state index contributed by atoms with van der Waals surface area (Å²) in [4.78, 5) is 0.703. The highest BCUT2D eigenvalue weighted by Gasteiger charge is 2.02. The van der Waals surface area contributed by atoms with Gasteiger partial charge in [-0.15, -0.1) is 0 Å². The molecule has 2 nitrogen and oxygen atoms in total. The Kier molecular flexibility index (Phi) is 4.77. The first-order valence-electron chi connectivity index (χ1n) is 5.86. The van der Waals surface area contributed by atoms with Crippen molar-refractivity contribution in [2.45, 2.75) is 6.54 Å². The number of nitrogens with one attached hydrogen (secondary N) is 1. The quantitative estimate of drug-likeness (QED) is 0.866. The van der Waals surface area contributed by atoms with Gasteiger partial charge in [-0.1, -0.05) is 48.1 Å². The molecule has 1 N–H and O–H groups in total. The third kappa shape index (κ3) is 3.94. The lowest BCUT2D eigenvalue weighted by atomic mass is 10.2. The normalized spacial score (nSPS) is 10.0. The number of hydrogen-bond acceptors (Lipinski definition) is 2. The van der Waals surface area contributed by atoms with Gasteiger partial charge in [0, 0.05) is 17.1 Å². The third-order valence-electron chi connectivity index (χ3n) is 2.70. The zero-order valence-electron chi connectivity index (χ0n) is 10.5. The summed E-state index contributed by atoms with van der Waals surface area (Å²) in [7, 11) is 1.64. The molecular formula is C15H14ClNOS. The molecule has 0 bridgehead atoms. The summed E-state index contributed by atoms with van der Waals surface area (Å²) in [5, 5.41) is 3.95. The van der Waals surface area contributed by atoms with Crippen LogP contribution in [0, 0.1) is 0 Å². The first-order valence-corrected chi connectivity index (χ1v) is 6.64. The van der Waals surface area contributed by atoms with Crippen molar-refractivity contribution in [2.75, 3.05) is 7.11 Å². The Morgan fingerprint density at radius 3 is 2.63 bits per heavy atom. The maximum Gasteiger partial charge on any atom is 0.119 e. The van der Waals surface area contributed by atoms with E-state index in [1.807, 2.05) is 48.5 Å². The molecule has 0 atom stereocenters. The Morgan fingerprint density at radius 2 is 1.95 bits per heavy atom. The number of rotatable bonds is 4. The molecule has 4 heteroatoms. The molecule has 0 heterocycles. The van der Waals surface area contributed by atoms with Crippen LogP contribution in [0.2, 0.25) is 5.02 Å². The number of hydrogen-bond donors (Lipinski definition) is 1. The van der Waals surface area contributed by atoms with E-state index in [0.717, 1.165) is 21.9 Å². The minimum Gasteiger partial charge on any atom is -0.497 e. The molecule has 0 saturated heterocycles. The second-order valence-corrected chi connectivity index (χ2v) is 4.89. The Morgan fingerprint density at radius 1 is 1.21 bits per heavy atom. The van der Waals surface area contributed by atoms with Crippen LogP contribution < -0.4 is 10.1 Å². The predicted octanol–water partition coefficient (Wildman–Crippen LogP) is 3.81. The van der Waals surface area contributed by atoms with Gasteiger partial charge in [0.05, 0.1) is 7.11 Å². The highest BCUT2D eigenvalue weighted by Crippen LogP contribution is 2.13. The summed E-state index contributed by atoms with van der Waals surface area (Å²) in [6, 6.07) is 15.4. The van der Waals surface area contributed by atoms with Crippen molar-refractivity contribution in [3.05, 3.63) is 64.7 Å². The lowest BCUT2D eigenvalue weighted by Gasteiger charge is -2.09. The number of methoxy groups -OCH3 is 1. The molecule has 0 amide bonds. The lowest BCUT2D eigenvalue weighted by Crippen LogP contribution is -2.21. The van der Waals surface area contributed by atoms with E-state index in [4.69, 9.17) is 28.6 Å². The zero-order chi connectivity index (χ0) is 13.7. The van der Waals surface area contributed by atoms with Gasteiger partial charge in [0.15, 0.2) is 0 Å². The topological polar surface area (TPSA) is 21.3 Å². The van der Waals surface area contributed by atoms with Crippen molar-refractivity contribution in [3.63, 3.8) is 0 Å². The standard InChI is InChI=1S/C15H14ClNOS/c1-18-14-4-2-3-12(9-14)15(19)17-10-11-5-7-13(16)8-6-11/h2-9H,10H2,1H3,(H,17,19). The van der Waals surface area contributed by atoms with Crippen LogP contribution in [0.4, 0.5) is 0 Å². The predicted molar refractivity (Wildman–Crippen MR) is 83.0 cm³/mol. The highest BCUT2D eigenvalue weighted by atomic mass is 35.5. The molecular weight excluding hydrogens is 278 g/mol. The SMILES string of the molecule is COc1cccc(C(=S)NCc2ccc(Cl)cc2)c1. The Bertz CT molecular complexity index is 569. The third-order valence-corrected chi connectivity index (χ3v) is 3.33. The monoisotopic (exact) mass is 291 g/mol. The fourth-order valence-corrected chi connectivity index (χ4v) is 1.98. The number of thiocarbonyl (C=S) groups is 1. The molecule has 0 aromatic heterocycles. The van der Waals surface area contributed by atoms with Gasteiger partial charge in [0.25, 0.3) is 0 Å². The second kappa shape index (κ2) is 6.55. The molecule has 0 saturated carbocycles. The van der Waals surface area contributed by atoms with Crippen LogP contribution in [0.3, 0.4) is 0 Å². The van der Waals surface area contributed by atoms with Crippen molar-refractivity contribution >= 4 is 28.8 Å². The van der Waals surface area contributed by atoms with Crippen molar-refractivity contribution in [2.24, 2.45) is 0 Å². The molecule has 2 aromatic carbocycles. The Hall–Kier alpha value is -1.58. The minimum absolute atomic E-state index is 0.674. The minimum atomic E-state index is 0.674. The van der Waals surface area contributed by atoms with Gasteiger partial charge in [-0.2, -0.15) is 0 Å². The van der Waals surface area contributed by atoms with Gasteiger partial charge >= 0.3 is 0 Å². The molecule has 0 unspecified atom stereocenters. The van der Waals surface area contributed by atoms with Crippen LogP contribution in [-0.2, 0) is 6.54 Å². The van der Waals surface area contributed by atoms with E-state index in [1.165, 1.54) is 0 Å². The number of benzene rings is 2. The van der Waals surface area contributed by atoms with Crippen LogP contribution in [0.25, 0.3) is 0 Å².